The molecule has 0 aliphatic heterocycles. The zero-order chi connectivity index (χ0) is 33.5. The SMILES string of the molecule is c1ccc(-c2cc(-c3ccc4sc5ccccc5c4c3)nc(-c3cccc4oc5cc(-n6c7ccccc7c7ccccc76)ccc5c34)n2)cc1. The molecule has 51 heavy (non-hydrogen) atoms. The predicted molar refractivity (Wildman–Crippen MR) is 213 cm³/mol. The standard InChI is InChI=1S/C46H27N3OS/c1-2-11-28(12-3-1)37-27-38(29-21-24-44-36(25-29)33-15-6-9-20-43(33)51-44)48-46(47-37)35-16-10-19-41-45(35)34-23-22-30(26-42(34)50-41)49-39-17-7-4-13-31(39)32-14-5-8-18-40(32)49/h1-27H. The van der Waals surface area contributed by atoms with Crippen LogP contribution < -0.4 is 0 Å². The fraction of sp³-hybridized carbons (Fsp3) is 0. The van der Waals surface area contributed by atoms with Crippen LogP contribution in [0.15, 0.2) is 168 Å². The summed E-state index contributed by atoms with van der Waals surface area (Å²) < 4.78 is 11.5. The van der Waals surface area contributed by atoms with E-state index >= 15 is 0 Å². The van der Waals surface area contributed by atoms with Crippen molar-refractivity contribution < 1.29 is 4.42 Å². The van der Waals surface area contributed by atoms with Gasteiger partial charge in [0.2, 0.25) is 0 Å². The Morgan fingerprint density at radius 2 is 1.14 bits per heavy atom. The number of hydrogen-bond donors (Lipinski definition) is 0. The van der Waals surface area contributed by atoms with E-state index in [1.165, 1.54) is 42.0 Å². The summed E-state index contributed by atoms with van der Waals surface area (Å²) in [5.41, 5.74) is 9.84. The van der Waals surface area contributed by atoms with Gasteiger partial charge in [0.25, 0.3) is 0 Å². The van der Waals surface area contributed by atoms with Gasteiger partial charge in [0, 0.05) is 70.2 Å². The van der Waals surface area contributed by atoms with Gasteiger partial charge in [-0.1, -0.05) is 103 Å². The molecular formula is C46H27N3OS. The molecule has 0 radical (unpaired) electrons. The summed E-state index contributed by atoms with van der Waals surface area (Å²) >= 11 is 1.83. The van der Waals surface area contributed by atoms with E-state index in [1.54, 1.807) is 0 Å². The largest absolute Gasteiger partial charge is 0.456 e. The van der Waals surface area contributed by atoms with Crippen molar-refractivity contribution in [1.29, 1.82) is 0 Å². The van der Waals surface area contributed by atoms with Crippen molar-refractivity contribution in [2.75, 3.05) is 0 Å². The second-order valence-electron chi connectivity index (χ2n) is 13.0. The molecule has 0 aliphatic carbocycles. The van der Waals surface area contributed by atoms with Gasteiger partial charge in [-0.05, 0) is 54.6 Å². The van der Waals surface area contributed by atoms with E-state index in [1.807, 2.05) is 29.5 Å². The molecule has 0 aliphatic rings. The molecule has 4 aromatic heterocycles. The molecule has 0 bridgehead atoms. The molecule has 5 heteroatoms. The molecule has 11 aromatic rings. The van der Waals surface area contributed by atoms with Gasteiger partial charge in [-0.3, -0.25) is 0 Å². The van der Waals surface area contributed by atoms with Crippen LogP contribution in [-0.2, 0) is 0 Å². The lowest BCUT2D eigenvalue weighted by atomic mass is 10.0. The van der Waals surface area contributed by atoms with Crippen molar-refractivity contribution in [2.45, 2.75) is 0 Å². The van der Waals surface area contributed by atoms with Crippen LogP contribution in [0.2, 0.25) is 0 Å². The Labute approximate surface area is 296 Å². The van der Waals surface area contributed by atoms with Crippen molar-refractivity contribution in [1.82, 2.24) is 14.5 Å². The van der Waals surface area contributed by atoms with E-state index in [4.69, 9.17) is 14.4 Å². The number of thiophene rings is 1. The summed E-state index contributed by atoms with van der Waals surface area (Å²) in [7, 11) is 0. The van der Waals surface area contributed by atoms with Crippen LogP contribution in [0.25, 0.3) is 104 Å². The molecule has 11 rings (SSSR count). The van der Waals surface area contributed by atoms with Gasteiger partial charge in [-0.25, -0.2) is 9.97 Å². The number of fused-ring (bicyclic) bond motifs is 9. The Morgan fingerprint density at radius 3 is 1.94 bits per heavy atom. The normalized spacial score (nSPS) is 11.9. The summed E-state index contributed by atoms with van der Waals surface area (Å²) in [6, 6.07) is 57.6. The first-order valence-electron chi connectivity index (χ1n) is 17.1. The second kappa shape index (κ2) is 11.0. The van der Waals surface area contributed by atoms with Crippen molar-refractivity contribution >= 4 is 75.3 Å². The minimum absolute atomic E-state index is 0.668. The zero-order valence-electron chi connectivity index (χ0n) is 27.2. The van der Waals surface area contributed by atoms with Crippen LogP contribution in [0.1, 0.15) is 0 Å². The minimum atomic E-state index is 0.668. The van der Waals surface area contributed by atoms with E-state index in [-0.39, 0.29) is 0 Å². The molecule has 4 nitrogen and oxygen atoms in total. The van der Waals surface area contributed by atoms with Crippen molar-refractivity contribution in [2.24, 2.45) is 0 Å². The van der Waals surface area contributed by atoms with E-state index in [0.717, 1.165) is 55.7 Å². The number of para-hydroxylation sites is 2. The Balaban J connectivity index is 1.12. The topological polar surface area (TPSA) is 43.9 Å². The highest BCUT2D eigenvalue weighted by Gasteiger charge is 2.19. The summed E-state index contributed by atoms with van der Waals surface area (Å²) in [6.07, 6.45) is 0. The monoisotopic (exact) mass is 669 g/mol. The molecule has 4 heterocycles. The molecule has 0 atom stereocenters. The summed E-state index contributed by atoms with van der Waals surface area (Å²) in [6.45, 7) is 0. The molecule has 238 valence electrons. The highest BCUT2D eigenvalue weighted by atomic mass is 32.1. The Morgan fingerprint density at radius 1 is 0.451 bits per heavy atom. The number of furan rings is 1. The zero-order valence-corrected chi connectivity index (χ0v) is 28.1. The third-order valence-electron chi connectivity index (χ3n) is 10.0. The molecule has 7 aromatic carbocycles. The number of rotatable bonds is 4. The molecule has 0 saturated carbocycles. The average molecular weight is 670 g/mol. The molecular weight excluding hydrogens is 643 g/mol. The second-order valence-corrected chi connectivity index (χ2v) is 14.1. The Hall–Kier alpha value is -6.56. The number of hydrogen-bond acceptors (Lipinski definition) is 4. The maximum absolute atomic E-state index is 6.62. The molecule has 0 saturated heterocycles. The average Bonchev–Trinajstić information content (AvgIpc) is 3.87. The minimum Gasteiger partial charge on any atom is -0.456 e. The van der Waals surface area contributed by atoms with Crippen molar-refractivity contribution in [3.8, 4) is 39.6 Å². The highest BCUT2D eigenvalue weighted by molar-refractivity contribution is 7.25. The van der Waals surface area contributed by atoms with Gasteiger partial charge in [0.05, 0.1) is 22.4 Å². The smallest absolute Gasteiger partial charge is 0.161 e. The Bertz CT molecular complexity index is 3100. The number of aromatic nitrogens is 3. The molecule has 0 fully saturated rings. The first-order valence-corrected chi connectivity index (χ1v) is 17.9. The van der Waals surface area contributed by atoms with Gasteiger partial charge in [-0.15, -0.1) is 11.3 Å². The van der Waals surface area contributed by atoms with Crippen LogP contribution in [-0.4, -0.2) is 14.5 Å². The van der Waals surface area contributed by atoms with Gasteiger partial charge < -0.3 is 8.98 Å². The Kier molecular flexibility index (Phi) is 6.09. The summed E-state index contributed by atoms with van der Waals surface area (Å²) in [4.78, 5) is 10.5. The lowest BCUT2D eigenvalue weighted by Crippen LogP contribution is -1.96. The first-order chi connectivity index (χ1) is 25.3. The number of nitrogens with zero attached hydrogens (tertiary/aromatic N) is 3. The van der Waals surface area contributed by atoms with Crippen LogP contribution in [0.4, 0.5) is 0 Å². The quantitative estimate of drug-likeness (QED) is 0.187. The summed E-state index contributed by atoms with van der Waals surface area (Å²) in [5.74, 6) is 0.668. The van der Waals surface area contributed by atoms with Gasteiger partial charge in [0.1, 0.15) is 11.2 Å². The van der Waals surface area contributed by atoms with Gasteiger partial charge >= 0.3 is 0 Å². The van der Waals surface area contributed by atoms with Crippen molar-refractivity contribution in [3.63, 3.8) is 0 Å². The number of benzene rings is 7. The first kappa shape index (κ1) is 28.3. The van der Waals surface area contributed by atoms with Crippen LogP contribution in [0.5, 0.6) is 0 Å². The molecule has 0 amide bonds. The van der Waals surface area contributed by atoms with Crippen molar-refractivity contribution in [3.05, 3.63) is 164 Å². The predicted octanol–water partition coefficient (Wildman–Crippen LogP) is 12.8. The van der Waals surface area contributed by atoms with Crippen LogP contribution in [0.3, 0.4) is 0 Å². The van der Waals surface area contributed by atoms with Gasteiger partial charge in [0.15, 0.2) is 5.82 Å². The third kappa shape index (κ3) is 4.38. The molecule has 0 spiro atoms. The van der Waals surface area contributed by atoms with E-state index < -0.39 is 0 Å². The highest BCUT2D eigenvalue weighted by Crippen LogP contribution is 2.40. The van der Waals surface area contributed by atoms with Gasteiger partial charge in [-0.2, -0.15) is 0 Å². The fourth-order valence-electron chi connectivity index (χ4n) is 7.70. The lowest BCUT2D eigenvalue weighted by Gasteiger charge is -2.11. The maximum Gasteiger partial charge on any atom is 0.161 e. The van der Waals surface area contributed by atoms with E-state index in [2.05, 4.69) is 150 Å². The third-order valence-corrected chi connectivity index (χ3v) is 11.2. The van der Waals surface area contributed by atoms with E-state index in [9.17, 15) is 0 Å². The molecule has 0 N–H and O–H groups in total. The maximum atomic E-state index is 6.62. The molecule has 0 unspecified atom stereocenters. The van der Waals surface area contributed by atoms with Crippen LogP contribution >= 0.6 is 11.3 Å². The van der Waals surface area contributed by atoms with Crippen LogP contribution in [0, 0.1) is 0 Å². The van der Waals surface area contributed by atoms with E-state index in [0.29, 0.717) is 5.82 Å². The summed E-state index contributed by atoms with van der Waals surface area (Å²) in [5, 5.41) is 7.03. The fourth-order valence-corrected chi connectivity index (χ4v) is 8.78. The lowest BCUT2D eigenvalue weighted by molar-refractivity contribution is 0.668.